The number of carbonyl (C=O) groups is 2. The summed E-state index contributed by atoms with van der Waals surface area (Å²) in [5.41, 5.74) is -0.934. The number of carbonyl (C=O) groups excluding carboxylic acids is 1. The minimum Gasteiger partial charge on any atom is -0.481 e. The summed E-state index contributed by atoms with van der Waals surface area (Å²) >= 11 is 0. The Hall–Kier alpha value is -1.84. The molecule has 0 aliphatic carbocycles. The van der Waals surface area contributed by atoms with Crippen LogP contribution in [0.25, 0.3) is 0 Å². The van der Waals surface area contributed by atoms with E-state index in [9.17, 15) is 9.59 Å². The molecule has 1 N–H and O–H groups in total. The first-order chi connectivity index (χ1) is 7.49. The van der Waals surface area contributed by atoms with Crippen molar-refractivity contribution in [2.45, 2.75) is 24.9 Å². The molecule has 88 valence electrons. The lowest BCUT2D eigenvalue weighted by Crippen LogP contribution is -2.32. The molecule has 0 radical (unpaired) electrons. The average Bonchev–Trinajstić information content (AvgIpc) is 2.16. The van der Waals surface area contributed by atoms with Crippen molar-refractivity contribution >= 4 is 11.9 Å². The molecule has 4 nitrogen and oxygen atoms in total. The fourth-order valence-electron chi connectivity index (χ4n) is 1.25. The van der Waals surface area contributed by atoms with Crippen LogP contribution in [0.5, 0.6) is 0 Å². The van der Waals surface area contributed by atoms with Gasteiger partial charge in [0.15, 0.2) is 0 Å². The van der Waals surface area contributed by atoms with Gasteiger partial charge in [-0.1, -0.05) is 18.7 Å². The number of carboxylic acids is 1. The predicted octanol–water partition coefficient (Wildman–Crippen LogP) is 2.08. The van der Waals surface area contributed by atoms with Crippen molar-refractivity contribution in [3.05, 3.63) is 38.0 Å². The fraction of sp³-hybridized carbons (Fsp3) is 0.333. The van der Waals surface area contributed by atoms with Crippen molar-refractivity contribution in [2.24, 2.45) is 0 Å². The van der Waals surface area contributed by atoms with Gasteiger partial charge in [-0.2, -0.15) is 0 Å². The van der Waals surface area contributed by atoms with Crippen molar-refractivity contribution in [3.63, 3.8) is 0 Å². The van der Waals surface area contributed by atoms with Gasteiger partial charge < -0.3 is 9.84 Å². The van der Waals surface area contributed by atoms with Gasteiger partial charge in [0.25, 0.3) is 0 Å². The van der Waals surface area contributed by atoms with E-state index in [0.29, 0.717) is 12.8 Å². The fourth-order valence-corrected chi connectivity index (χ4v) is 1.25. The SMILES string of the molecule is C=CCC(C=C)(CC=C)OC(=O)CC(=O)O. The summed E-state index contributed by atoms with van der Waals surface area (Å²) in [6, 6.07) is 0. The normalized spacial score (nSPS) is 10.2. The molecule has 0 aromatic carbocycles. The van der Waals surface area contributed by atoms with Crippen LogP contribution in [0.15, 0.2) is 38.0 Å². The molecule has 0 aliphatic rings. The van der Waals surface area contributed by atoms with Gasteiger partial charge in [0, 0.05) is 12.8 Å². The number of aliphatic carboxylic acids is 1. The molecule has 0 saturated heterocycles. The number of hydrogen-bond acceptors (Lipinski definition) is 3. The van der Waals surface area contributed by atoms with Crippen molar-refractivity contribution in [3.8, 4) is 0 Å². The molecule has 4 heteroatoms. The summed E-state index contributed by atoms with van der Waals surface area (Å²) in [4.78, 5) is 21.6. The molecule has 0 fully saturated rings. The highest BCUT2D eigenvalue weighted by atomic mass is 16.6. The molecule has 0 aromatic heterocycles. The molecule has 0 amide bonds. The van der Waals surface area contributed by atoms with Crippen molar-refractivity contribution in [2.75, 3.05) is 0 Å². The molecule has 0 aliphatic heterocycles. The number of ether oxygens (including phenoxy) is 1. The van der Waals surface area contributed by atoms with E-state index in [4.69, 9.17) is 9.84 Å². The molecule has 0 spiro atoms. The lowest BCUT2D eigenvalue weighted by atomic mass is 9.95. The zero-order chi connectivity index (χ0) is 12.6. The molecular weight excluding hydrogens is 208 g/mol. The van der Waals surface area contributed by atoms with Crippen LogP contribution in [0.3, 0.4) is 0 Å². The summed E-state index contributed by atoms with van der Waals surface area (Å²) in [5, 5.41) is 8.45. The number of carboxylic acid groups (broad SMARTS) is 1. The van der Waals surface area contributed by atoms with Crippen LogP contribution in [-0.4, -0.2) is 22.6 Å². The van der Waals surface area contributed by atoms with Crippen LogP contribution in [0, 0.1) is 0 Å². The predicted molar refractivity (Wildman–Crippen MR) is 60.9 cm³/mol. The molecule has 0 rings (SSSR count). The van der Waals surface area contributed by atoms with E-state index in [-0.39, 0.29) is 0 Å². The first-order valence-electron chi connectivity index (χ1n) is 4.78. The van der Waals surface area contributed by atoms with Crippen LogP contribution in [0.2, 0.25) is 0 Å². The summed E-state index contributed by atoms with van der Waals surface area (Å²) in [6.45, 7) is 10.7. The molecule has 0 atom stereocenters. The monoisotopic (exact) mass is 224 g/mol. The van der Waals surface area contributed by atoms with E-state index < -0.39 is 24.0 Å². The second-order valence-electron chi connectivity index (χ2n) is 3.30. The number of esters is 1. The van der Waals surface area contributed by atoms with Gasteiger partial charge in [-0.15, -0.1) is 13.2 Å². The van der Waals surface area contributed by atoms with E-state index in [1.165, 1.54) is 6.08 Å². The van der Waals surface area contributed by atoms with E-state index >= 15 is 0 Å². The first kappa shape index (κ1) is 14.2. The molecule has 0 unspecified atom stereocenters. The highest BCUT2D eigenvalue weighted by Crippen LogP contribution is 2.24. The molecule has 0 bridgehead atoms. The molecule has 0 aromatic rings. The second kappa shape index (κ2) is 6.61. The van der Waals surface area contributed by atoms with Gasteiger partial charge in [-0.05, 0) is 6.08 Å². The summed E-state index contributed by atoms with van der Waals surface area (Å²) in [6.07, 6.45) is 4.71. The molecule has 16 heavy (non-hydrogen) atoms. The Balaban J connectivity index is 4.68. The standard InChI is InChI=1S/C12H16O4/c1-4-7-12(6-3,8-5-2)16-11(15)9-10(13)14/h4-6H,1-3,7-9H2,(H,13,14). The van der Waals surface area contributed by atoms with Gasteiger partial charge in [0.2, 0.25) is 0 Å². The van der Waals surface area contributed by atoms with Crippen LogP contribution in [0.1, 0.15) is 19.3 Å². The third kappa shape index (κ3) is 4.59. The Labute approximate surface area is 94.9 Å². The van der Waals surface area contributed by atoms with Crippen LogP contribution < -0.4 is 0 Å². The minimum atomic E-state index is -1.22. The third-order valence-electron chi connectivity index (χ3n) is 1.96. The van der Waals surface area contributed by atoms with E-state index in [1.807, 2.05) is 0 Å². The molecule has 0 saturated carbocycles. The highest BCUT2D eigenvalue weighted by Gasteiger charge is 2.28. The van der Waals surface area contributed by atoms with Gasteiger partial charge in [0.1, 0.15) is 12.0 Å². The van der Waals surface area contributed by atoms with E-state index in [1.54, 1.807) is 12.2 Å². The topological polar surface area (TPSA) is 63.6 Å². The average molecular weight is 224 g/mol. The molecule has 0 heterocycles. The quantitative estimate of drug-likeness (QED) is 0.389. The summed E-state index contributed by atoms with van der Waals surface area (Å²) < 4.78 is 5.10. The van der Waals surface area contributed by atoms with Gasteiger partial charge >= 0.3 is 11.9 Å². The minimum absolute atomic E-state index is 0.369. The maximum Gasteiger partial charge on any atom is 0.318 e. The zero-order valence-electron chi connectivity index (χ0n) is 9.15. The smallest absolute Gasteiger partial charge is 0.318 e. The van der Waals surface area contributed by atoms with Crippen molar-refractivity contribution < 1.29 is 19.4 Å². The van der Waals surface area contributed by atoms with E-state index in [2.05, 4.69) is 19.7 Å². The van der Waals surface area contributed by atoms with Gasteiger partial charge in [-0.3, -0.25) is 9.59 Å². The van der Waals surface area contributed by atoms with Crippen LogP contribution in [-0.2, 0) is 14.3 Å². The maximum absolute atomic E-state index is 11.3. The Morgan fingerprint density at radius 2 is 1.69 bits per heavy atom. The second-order valence-corrected chi connectivity index (χ2v) is 3.30. The van der Waals surface area contributed by atoms with Crippen LogP contribution >= 0.6 is 0 Å². The summed E-state index contributed by atoms with van der Waals surface area (Å²) in [7, 11) is 0. The maximum atomic E-state index is 11.3. The lowest BCUT2D eigenvalue weighted by molar-refractivity contribution is -0.159. The first-order valence-corrected chi connectivity index (χ1v) is 4.78. The van der Waals surface area contributed by atoms with Crippen LogP contribution in [0.4, 0.5) is 0 Å². The van der Waals surface area contributed by atoms with Crippen molar-refractivity contribution in [1.29, 1.82) is 0 Å². The van der Waals surface area contributed by atoms with E-state index in [0.717, 1.165) is 0 Å². The Morgan fingerprint density at radius 3 is 2.00 bits per heavy atom. The Bertz CT molecular complexity index is 294. The highest BCUT2D eigenvalue weighted by molar-refractivity contribution is 5.90. The van der Waals surface area contributed by atoms with Gasteiger partial charge in [-0.25, -0.2) is 0 Å². The van der Waals surface area contributed by atoms with Gasteiger partial charge in [0.05, 0.1) is 0 Å². The summed E-state index contributed by atoms with van der Waals surface area (Å²) in [5.74, 6) is -2.02. The lowest BCUT2D eigenvalue weighted by Gasteiger charge is -2.28. The zero-order valence-corrected chi connectivity index (χ0v) is 9.15. The largest absolute Gasteiger partial charge is 0.481 e. The molecular formula is C12H16O4. The Morgan fingerprint density at radius 1 is 1.19 bits per heavy atom. The Kier molecular flexibility index (Phi) is 5.85. The third-order valence-corrected chi connectivity index (χ3v) is 1.96. The van der Waals surface area contributed by atoms with Crippen molar-refractivity contribution in [1.82, 2.24) is 0 Å². The number of hydrogen-bond donors (Lipinski definition) is 1. The number of rotatable bonds is 8.